The number of anilines is 1. The summed E-state index contributed by atoms with van der Waals surface area (Å²) in [5.74, 6) is 0.963. The van der Waals surface area contributed by atoms with E-state index in [1.165, 1.54) is 11.3 Å². The summed E-state index contributed by atoms with van der Waals surface area (Å²) in [7, 11) is 0. The van der Waals surface area contributed by atoms with Gasteiger partial charge in [0.2, 0.25) is 0 Å². The highest BCUT2D eigenvalue weighted by Gasteiger charge is 2.17. The first-order chi connectivity index (χ1) is 7.81. The molecule has 1 saturated heterocycles. The lowest BCUT2D eigenvalue weighted by Crippen LogP contribution is -2.47. The predicted molar refractivity (Wildman–Crippen MR) is 73.7 cm³/mol. The zero-order valence-corrected chi connectivity index (χ0v) is 10.8. The Morgan fingerprint density at radius 3 is 2.44 bits per heavy atom. The number of rotatable bonds is 3. The maximum Gasteiger partial charge on any atom is 0.0396 e. The highest BCUT2D eigenvalue weighted by atomic mass is 32.1. The summed E-state index contributed by atoms with van der Waals surface area (Å²) in [6.45, 7) is 7.90. The smallest absolute Gasteiger partial charge is 0.0396 e. The van der Waals surface area contributed by atoms with Gasteiger partial charge in [0, 0.05) is 44.2 Å². The Morgan fingerprint density at radius 2 is 1.81 bits per heavy atom. The van der Waals surface area contributed by atoms with E-state index < -0.39 is 0 Å². The molecular weight excluding hydrogens is 216 g/mol. The largest absolute Gasteiger partial charge is 0.369 e. The molecule has 0 N–H and O–H groups in total. The highest BCUT2D eigenvalue weighted by molar-refractivity contribution is 7.80. The van der Waals surface area contributed by atoms with Gasteiger partial charge in [0.15, 0.2) is 0 Å². The van der Waals surface area contributed by atoms with E-state index in [4.69, 9.17) is 0 Å². The van der Waals surface area contributed by atoms with Crippen LogP contribution in [0.3, 0.4) is 0 Å². The summed E-state index contributed by atoms with van der Waals surface area (Å²) in [6, 6.07) is 8.65. The van der Waals surface area contributed by atoms with E-state index in [0.717, 1.165) is 38.5 Å². The van der Waals surface area contributed by atoms with Crippen molar-refractivity contribution < 1.29 is 0 Å². The van der Waals surface area contributed by atoms with Gasteiger partial charge in [-0.25, -0.2) is 0 Å². The molecule has 0 bridgehead atoms. The second-order valence-electron chi connectivity index (χ2n) is 4.34. The second-order valence-corrected chi connectivity index (χ2v) is 4.79. The molecule has 1 heterocycles. The van der Waals surface area contributed by atoms with Crippen molar-refractivity contribution in [3.63, 3.8) is 0 Å². The van der Waals surface area contributed by atoms with Crippen molar-refractivity contribution in [2.45, 2.75) is 6.92 Å². The fourth-order valence-electron chi connectivity index (χ4n) is 2.27. The Labute approximate surface area is 104 Å². The van der Waals surface area contributed by atoms with Gasteiger partial charge < -0.3 is 4.90 Å². The number of para-hydroxylation sites is 1. The van der Waals surface area contributed by atoms with Gasteiger partial charge in [-0.2, -0.15) is 12.6 Å². The van der Waals surface area contributed by atoms with Gasteiger partial charge in [0.25, 0.3) is 0 Å². The number of hydrogen-bond acceptors (Lipinski definition) is 3. The Hall–Kier alpha value is -0.670. The summed E-state index contributed by atoms with van der Waals surface area (Å²) in [6.07, 6.45) is 0. The molecule has 88 valence electrons. The number of aryl methyl sites for hydroxylation is 1. The summed E-state index contributed by atoms with van der Waals surface area (Å²) in [5, 5.41) is 0. The van der Waals surface area contributed by atoms with E-state index >= 15 is 0 Å². The molecule has 0 aliphatic carbocycles. The van der Waals surface area contributed by atoms with Crippen LogP contribution in [0.25, 0.3) is 0 Å². The van der Waals surface area contributed by atoms with Gasteiger partial charge >= 0.3 is 0 Å². The first-order valence-corrected chi connectivity index (χ1v) is 6.58. The molecule has 0 saturated carbocycles. The SMILES string of the molecule is Cc1ccccc1N1CCN(CCS)CC1. The molecule has 0 aromatic heterocycles. The molecule has 0 amide bonds. The van der Waals surface area contributed by atoms with Crippen LogP contribution in [-0.4, -0.2) is 43.4 Å². The summed E-state index contributed by atoms with van der Waals surface area (Å²) >= 11 is 4.28. The van der Waals surface area contributed by atoms with Crippen molar-refractivity contribution in [2.24, 2.45) is 0 Å². The lowest BCUT2D eigenvalue weighted by atomic mass is 10.1. The molecule has 1 aliphatic heterocycles. The van der Waals surface area contributed by atoms with Gasteiger partial charge in [0.05, 0.1) is 0 Å². The second kappa shape index (κ2) is 5.60. The minimum Gasteiger partial charge on any atom is -0.369 e. The van der Waals surface area contributed by atoms with E-state index in [-0.39, 0.29) is 0 Å². The number of nitrogens with zero attached hydrogens (tertiary/aromatic N) is 2. The van der Waals surface area contributed by atoms with Crippen LogP contribution >= 0.6 is 12.6 Å². The van der Waals surface area contributed by atoms with Crippen LogP contribution < -0.4 is 4.90 Å². The molecular formula is C13H20N2S. The third-order valence-electron chi connectivity index (χ3n) is 3.24. The molecule has 1 aliphatic rings. The van der Waals surface area contributed by atoms with Crippen molar-refractivity contribution in [3.05, 3.63) is 29.8 Å². The molecule has 2 rings (SSSR count). The van der Waals surface area contributed by atoms with E-state index in [1.807, 2.05) is 0 Å². The van der Waals surface area contributed by atoms with E-state index in [9.17, 15) is 0 Å². The number of piperazine rings is 1. The Balaban J connectivity index is 1.96. The monoisotopic (exact) mass is 236 g/mol. The summed E-state index contributed by atoms with van der Waals surface area (Å²) in [5.41, 5.74) is 2.78. The summed E-state index contributed by atoms with van der Waals surface area (Å²) in [4.78, 5) is 4.98. The quantitative estimate of drug-likeness (QED) is 0.803. The van der Waals surface area contributed by atoms with E-state index in [1.54, 1.807) is 0 Å². The van der Waals surface area contributed by atoms with Gasteiger partial charge in [0.1, 0.15) is 0 Å². The molecule has 1 fully saturated rings. The van der Waals surface area contributed by atoms with E-state index in [2.05, 4.69) is 53.6 Å². The van der Waals surface area contributed by atoms with Crippen LogP contribution in [0.5, 0.6) is 0 Å². The highest BCUT2D eigenvalue weighted by Crippen LogP contribution is 2.20. The normalized spacial score (nSPS) is 17.8. The Bertz CT molecular complexity index is 332. The lowest BCUT2D eigenvalue weighted by molar-refractivity contribution is 0.273. The van der Waals surface area contributed by atoms with E-state index in [0.29, 0.717) is 0 Å². The van der Waals surface area contributed by atoms with Gasteiger partial charge in [-0.15, -0.1) is 0 Å². The Morgan fingerprint density at radius 1 is 1.12 bits per heavy atom. The molecule has 2 nitrogen and oxygen atoms in total. The van der Waals surface area contributed by atoms with Crippen molar-refractivity contribution in [2.75, 3.05) is 43.4 Å². The third kappa shape index (κ3) is 2.71. The average molecular weight is 236 g/mol. The fourth-order valence-corrected chi connectivity index (χ4v) is 2.55. The van der Waals surface area contributed by atoms with Crippen LogP contribution in [0.2, 0.25) is 0 Å². The minimum atomic E-state index is 0.963. The predicted octanol–water partition coefficient (Wildman–Crippen LogP) is 2.05. The Kier molecular flexibility index (Phi) is 4.13. The standard InChI is InChI=1S/C13H20N2S/c1-12-4-2-3-5-13(12)15-8-6-14(7-9-15)10-11-16/h2-5,16H,6-11H2,1H3. The van der Waals surface area contributed by atoms with Crippen molar-refractivity contribution >= 4 is 18.3 Å². The van der Waals surface area contributed by atoms with Crippen LogP contribution in [0.1, 0.15) is 5.56 Å². The number of hydrogen-bond donors (Lipinski definition) is 1. The van der Waals surface area contributed by atoms with Crippen LogP contribution in [-0.2, 0) is 0 Å². The molecule has 1 aromatic rings. The fraction of sp³-hybridized carbons (Fsp3) is 0.538. The van der Waals surface area contributed by atoms with Crippen molar-refractivity contribution in [1.82, 2.24) is 4.90 Å². The maximum absolute atomic E-state index is 4.28. The number of benzene rings is 1. The first kappa shape index (κ1) is 11.8. The first-order valence-electron chi connectivity index (χ1n) is 5.95. The summed E-state index contributed by atoms with van der Waals surface area (Å²) < 4.78 is 0. The van der Waals surface area contributed by atoms with Gasteiger partial charge in [-0.05, 0) is 18.6 Å². The maximum atomic E-state index is 4.28. The zero-order chi connectivity index (χ0) is 11.4. The molecule has 0 unspecified atom stereocenters. The average Bonchev–Trinajstić information content (AvgIpc) is 2.31. The van der Waals surface area contributed by atoms with Gasteiger partial charge in [-0.1, -0.05) is 18.2 Å². The van der Waals surface area contributed by atoms with Crippen LogP contribution in [0, 0.1) is 6.92 Å². The lowest BCUT2D eigenvalue weighted by Gasteiger charge is -2.36. The van der Waals surface area contributed by atoms with Crippen LogP contribution in [0.15, 0.2) is 24.3 Å². The molecule has 1 aromatic carbocycles. The third-order valence-corrected chi connectivity index (χ3v) is 3.44. The van der Waals surface area contributed by atoms with Gasteiger partial charge in [-0.3, -0.25) is 4.90 Å². The molecule has 0 spiro atoms. The molecule has 0 atom stereocenters. The topological polar surface area (TPSA) is 6.48 Å². The number of thiol groups is 1. The van der Waals surface area contributed by atoms with Crippen LogP contribution in [0.4, 0.5) is 5.69 Å². The molecule has 16 heavy (non-hydrogen) atoms. The molecule has 3 heteroatoms. The van der Waals surface area contributed by atoms with Crippen molar-refractivity contribution in [3.8, 4) is 0 Å². The minimum absolute atomic E-state index is 0.963. The zero-order valence-electron chi connectivity index (χ0n) is 9.89. The molecule has 0 radical (unpaired) electrons. The van der Waals surface area contributed by atoms with Crippen molar-refractivity contribution in [1.29, 1.82) is 0 Å².